The number of aryl methyl sites for hydroxylation is 1. The van der Waals surface area contributed by atoms with Gasteiger partial charge in [0.1, 0.15) is 5.52 Å². The van der Waals surface area contributed by atoms with E-state index >= 15 is 0 Å². The Morgan fingerprint density at radius 2 is 2.33 bits per heavy atom. The summed E-state index contributed by atoms with van der Waals surface area (Å²) in [6.45, 7) is 3.56. The van der Waals surface area contributed by atoms with Gasteiger partial charge < -0.3 is 20.9 Å². The molecule has 0 radical (unpaired) electrons. The Hall–Kier alpha value is -2.19. The number of amides is 1. The zero-order chi connectivity index (χ0) is 15.2. The number of nitrogens with one attached hydrogen (secondary N) is 1. The van der Waals surface area contributed by atoms with Gasteiger partial charge in [-0.2, -0.15) is 0 Å². The molecule has 0 aliphatic heterocycles. The molecular formula is C13H19N5O3. The van der Waals surface area contributed by atoms with Crippen LogP contribution in [0, 0.1) is 0 Å². The van der Waals surface area contributed by atoms with Crippen LogP contribution in [0.15, 0.2) is 12.3 Å². The fraction of sp³-hybridized carbons (Fsp3) is 0.462. The minimum absolute atomic E-state index is 0.0317. The molecule has 21 heavy (non-hydrogen) atoms. The molecule has 0 fully saturated rings. The highest BCUT2D eigenvalue weighted by Gasteiger charge is 2.12. The first-order valence-corrected chi connectivity index (χ1v) is 6.76. The monoisotopic (exact) mass is 293 g/mol. The van der Waals surface area contributed by atoms with Crippen molar-refractivity contribution in [2.24, 2.45) is 0 Å². The van der Waals surface area contributed by atoms with Crippen molar-refractivity contribution in [2.45, 2.75) is 13.5 Å². The maximum Gasteiger partial charge on any atom is 0.253 e. The first-order valence-electron chi connectivity index (χ1n) is 6.76. The molecule has 2 heterocycles. The average molecular weight is 293 g/mol. The lowest BCUT2D eigenvalue weighted by molar-refractivity contribution is 0.0838. The maximum atomic E-state index is 12.0. The predicted molar refractivity (Wildman–Crippen MR) is 77.9 cm³/mol. The van der Waals surface area contributed by atoms with Crippen LogP contribution in [0.1, 0.15) is 17.3 Å². The quantitative estimate of drug-likeness (QED) is 0.607. The molecule has 114 valence electrons. The molecule has 0 aromatic carbocycles. The lowest BCUT2D eigenvalue weighted by Crippen LogP contribution is -2.27. The highest BCUT2D eigenvalue weighted by molar-refractivity contribution is 5.96. The number of carbonyl (C=O) groups is 1. The third kappa shape index (κ3) is 3.47. The summed E-state index contributed by atoms with van der Waals surface area (Å²) in [5.74, 6) is 0.136. The van der Waals surface area contributed by atoms with Gasteiger partial charge in [0.05, 0.1) is 25.4 Å². The summed E-state index contributed by atoms with van der Waals surface area (Å²) in [5.41, 5.74) is 7.47. The third-order valence-electron chi connectivity index (χ3n) is 2.96. The Bertz CT molecular complexity index is 626. The Morgan fingerprint density at radius 1 is 1.52 bits per heavy atom. The van der Waals surface area contributed by atoms with Gasteiger partial charge in [-0.1, -0.05) is 0 Å². The average Bonchev–Trinajstić information content (AvgIpc) is 2.80. The normalized spacial score (nSPS) is 11.0. The van der Waals surface area contributed by atoms with Gasteiger partial charge >= 0.3 is 0 Å². The Labute approximate surface area is 121 Å². The van der Waals surface area contributed by atoms with Crippen LogP contribution in [-0.2, 0) is 11.3 Å². The van der Waals surface area contributed by atoms with Gasteiger partial charge in [0.2, 0.25) is 5.95 Å². The van der Waals surface area contributed by atoms with E-state index in [1.54, 1.807) is 10.6 Å². The largest absolute Gasteiger partial charge is 0.394 e. The van der Waals surface area contributed by atoms with Crippen LogP contribution in [-0.4, -0.2) is 51.9 Å². The Balaban J connectivity index is 2.03. The number of hydrogen-bond donors (Lipinski definition) is 3. The molecule has 0 aliphatic carbocycles. The number of nitrogens with zero attached hydrogens (tertiary/aromatic N) is 3. The molecule has 0 unspecified atom stereocenters. The van der Waals surface area contributed by atoms with E-state index in [0.29, 0.717) is 42.4 Å². The number of ether oxygens (including phenoxy) is 1. The minimum Gasteiger partial charge on any atom is -0.394 e. The molecule has 2 aromatic rings. The number of aliphatic hydroxyl groups excluding tert-OH is 1. The van der Waals surface area contributed by atoms with Crippen molar-refractivity contribution < 1.29 is 14.6 Å². The van der Waals surface area contributed by atoms with Crippen LogP contribution in [0.2, 0.25) is 0 Å². The number of rotatable bonds is 7. The Kier molecular flexibility index (Phi) is 5.07. The van der Waals surface area contributed by atoms with Crippen molar-refractivity contribution in [2.75, 3.05) is 32.1 Å². The van der Waals surface area contributed by atoms with Gasteiger partial charge in [-0.3, -0.25) is 9.36 Å². The number of aliphatic hydroxyl groups is 1. The predicted octanol–water partition coefficient (Wildman–Crippen LogP) is -0.228. The summed E-state index contributed by atoms with van der Waals surface area (Å²) < 4.78 is 6.84. The molecule has 0 spiro atoms. The number of aromatic nitrogens is 3. The molecular weight excluding hydrogens is 274 g/mol. The third-order valence-corrected chi connectivity index (χ3v) is 2.96. The van der Waals surface area contributed by atoms with E-state index in [1.165, 1.54) is 6.20 Å². The van der Waals surface area contributed by atoms with Crippen LogP contribution in [0.4, 0.5) is 5.95 Å². The zero-order valence-electron chi connectivity index (χ0n) is 11.9. The summed E-state index contributed by atoms with van der Waals surface area (Å²) in [4.78, 5) is 20.4. The van der Waals surface area contributed by atoms with E-state index in [4.69, 9.17) is 15.6 Å². The first-order chi connectivity index (χ1) is 10.2. The number of anilines is 1. The van der Waals surface area contributed by atoms with E-state index < -0.39 is 0 Å². The molecule has 0 aliphatic rings. The molecule has 0 saturated heterocycles. The number of hydrogen-bond acceptors (Lipinski definition) is 6. The van der Waals surface area contributed by atoms with E-state index in [1.807, 2.05) is 6.92 Å². The molecule has 8 heteroatoms. The van der Waals surface area contributed by atoms with E-state index in [-0.39, 0.29) is 19.1 Å². The molecule has 4 N–H and O–H groups in total. The molecule has 0 bridgehead atoms. The SMILES string of the molecule is CCn1c(N)nc2cc(C(=O)NCCOCCO)cnc21. The number of fused-ring (bicyclic) bond motifs is 1. The lowest BCUT2D eigenvalue weighted by atomic mass is 10.2. The molecule has 1 amide bonds. The lowest BCUT2D eigenvalue weighted by Gasteiger charge is -2.05. The van der Waals surface area contributed by atoms with Crippen molar-refractivity contribution >= 4 is 23.0 Å². The van der Waals surface area contributed by atoms with Crippen molar-refractivity contribution in [3.05, 3.63) is 17.8 Å². The molecule has 0 atom stereocenters. The zero-order valence-corrected chi connectivity index (χ0v) is 11.9. The topological polar surface area (TPSA) is 115 Å². The van der Waals surface area contributed by atoms with Crippen LogP contribution in [0.5, 0.6) is 0 Å². The van der Waals surface area contributed by atoms with Crippen molar-refractivity contribution in [3.63, 3.8) is 0 Å². The summed E-state index contributed by atoms with van der Waals surface area (Å²) in [7, 11) is 0. The second kappa shape index (κ2) is 7.00. The molecule has 0 saturated carbocycles. The van der Waals surface area contributed by atoms with Gasteiger partial charge in [0.25, 0.3) is 5.91 Å². The summed E-state index contributed by atoms with van der Waals surface area (Å²) in [6.07, 6.45) is 1.50. The second-order valence-corrected chi connectivity index (χ2v) is 4.37. The van der Waals surface area contributed by atoms with Crippen LogP contribution >= 0.6 is 0 Å². The highest BCUT2D eigenvalue weighted by atomic mass is 16.5. The van der Waals surface area contributed by atoms with E-state index in [0.717, 1.165) is 0 Å². The smallest absolute Gasteiger partial charge is 0.253 e. The second-order valence-electron chi connectivity index (χ2n) is 4.37. The molecule has 8 nitrogen and oxygen atoms in total. The Morgan fingerprint density at radius 3 is 3.05 bits per heavy atom. The number of imidazole rings is 1. The fourth-order valence-electron chi connectivity index (χ4n) is 1.97. The standard InChI is InChI=1S/C13H19N5O3/c1-2-18-11-10(17-13(18)14)7-9(8-16-11)12(20)15-3-5-21-6-4-19/h7-8,19H,2-6H2,1H3,(H2,14,17)(H,15,20). The molecule has 2 rings (SSSR count). The minimum atomic E-state index is -0.249. The number of pyridine rings is 1. The number of nitrogen functional groups attached to an aromatic ring is 1. The summed E-state index contributed by atoms with van der Waals surface area (Å²) >= 11 is 0. The molecule has 2 aromatic heterocycles. The van der Waals surface area contributed by atoms with E-state index in [9.17, 15) is 4.79 Å². The van der Waals surface area contributed by atoms with Gasteiger partial charge in [-0.25, -0.2) is 9.97 Å². The van der Waals surface area contributed by atoms with Crippen molar-refractivity contribution in [3.8, 4) is 0 Å². The summed E-state index contributed by atoms with van der Waals surface area (Å²) in [5, 5.41) is 11.3. The first kappa shape index (κ1) is 15.2. The van der Waals surface area contributed by atoms with Crippen molar-refractivity contribution in [1.29, 1.82) is 0 Å². The van der Waals surface area contributed by atoms with Crippen LogP contribution in [0.3, 0.4) is 0 Å². The van der Waals surface area contributed by atoms with Gasteiger partial charge in [-0.05, 0) is 13.0 Å². The number of carbonyl (C=O) groups excluding carboxylic acids is 1. The van der Waals surface area contributed by atoms with Gasteiger partial charge in [0.15, 0.2) is 5.65 Å². The number of nitrogens with two attached hydrogens (primary N) is 1. The maximum absolute atomic E-state index is 12.0. The van der Waals surface area contributed by atoms with Gasteiger partial charge in [0, 0.05) is 19.3 Å². The van der Waals surface area contributed by atoms with E-state index in [2.05, 4.69) is 15.3 Å². The van der Waals surface area contributed by atoms with Crippen molar-refractivity contribution in [1.82, 2.24) is 19.9 Å². The van der Waals surface area contributed by atoms with Gasteiger partial charge in [-0.15, -0.1) is 0 Å². The summed E-state index contributed by atoms with van der Waals surface area (Å²) in [6, 6.07) is 1.66. The fourth-order valence-corrected chi connectivity index (χ4v) is 1.97. The highest BCUT2D eigenvalue weighted by Crippen LogP contribution is 2.16. The van der Waals surface area contributed by atoms with Crippen LogP contribution < -0.4 is 11.1 Å². The van der Waals surface area contributed by atoms with Crippen LogP contribution in [0.25, 0.3) is 11.2 Å².